The molecule has 0 saturated carbocycles. The Balaban J connectivity index is 2.38. The first-order valence-corrected chi connectivity index (χ1v) is 10.3. The number of nitrogens with two attached hydrogens (primary N) is 1. The van der Waals surface area contributed by atoms with Gasteiger partial charge in [0.1, 0.15) is 5.82 Å². The quantitative estimate of drug-likeness (QED) is 0.606. The van der Waals surface area contributed by atoms with Gasteiger partial charge < -0.3 is 15.2 Å². The zero-order valence-electron chi connectivity index (χ0n) is 16.8. The minimum Gasteiger partial charge on any atom is -0.383 e. The van der Waals surface area contributed by atoms with Crippen molar-refractivity contribution < 1.29 is 4.79 Å². The SMILES string of the molecule is CCCCN(C(=O)CSc1nccn1C)c1c(N)n(CC(C)C)c(=O)[nH]c1=O. The normalized spacial score (nSPS) is 11.2. The largest absolute Gasteiger partial charge is 0.383 e. The number of aryl methyl sites for hydroxylation is 1. The van der Waals surface area contributed by atoms with E-state index in [1.807, 2.05) is 32.4 Å². The van der Waals surface area contributed by atoms with Gasteiger partial charge >= 0.3 is 5.69 Å². The summed E-state index contributed by atoms with van der Waals surface area (Å²) in [5, 5.41) is 0.704. The number of H-pyrrole nitrogens is 1. The lowest BCUT2D eigenvalue weighted by Crippen LogP contribution is -2.42. The van der Waals surface area contributed by atoms with Crippen LogP contribution in [0.1, 0.15) is 33.6 Å². The summed E-state index contributed by atoms with van der Waals surface area (Å²) < 4.78 is 3.14. The first-order chi connectivity index (χ1) is 13.3. The highest BCUT2D eigenvalue weighted by Crippen LogP contribution is 2.21. The summed E-state index contributed by atoms with van der Waals surface area (Å²) in [6, 6.07) is 0. The molecule has 154 valence electrons. The molecule has 0 saturated heterocycles. The zero-order valence-corrected chi connectivity index (χ0v) is 17.6. The Labute approximate surface area is 167 Å². The lowest BCUT2D eigenvalue weighted by molar-refractivity contribution is -0.116. The Bertz CT molecular complexity index is 930. The minimum atomic E-state index is -0.644. The lowest BCUT2D eigenvalue weighted by atomic mass is 10.2. The van der Waals surface area contributed by atoms with E-state index >= 15 is 0 Å². The third-order valence-corrected chi connectivity index (χ3v) is 5.21. The Hall–Kier alpha value is -2.49. The topological polar surface area (TPSA) is 119 Å². The monoisotopic (exact) mass is 408 g/mol. The molecule has 0 aliphatic heterocycles. The van der Waals surface area contributed by atoms with E-state index in [0.29, 0.717) is 24.7 Å². The molecule has 2 aromatic rings. The van der Waals surface area contributed by atoms with E-state index in [2.05, 4.69) is 9.97 Å². The highest BCUT2D eigenvalue weighted by Gasteiger charge is 2.24. The number of hydrogen-bond donors (Lipinski definition) is 2. The number of carbonyl (C=O) groups excluding carboxylic acids is 1. The van der Waals surface area contributed by atoms with Crippen LogP contribution in [0.15, 0.2) is 27.1 Å². The predicted molar refractivity (Wildman–Crippen MR) is 112 cm³/mol. The summed E-state index contributed by atoms with van der Waals surface area (Å²) in [7, 11) is 1.85. The molecule has 1 amide bonds. The van der Waals surface area contributed by atoms with Crippen LogP contribution in [0.5, 0.6) is 0 Å². The van der Waals surface area contributed by atoms with Gasteiger partial charge in [-0.2, -0.15) is 0 Å². The van der Waals surface area contributed by atoms with Crippen molar-refractivity contribution in [3.63, 3.8) is 0 Å². The van der Waals surface area contributed by atoms with E-state index in [4.69, 9.17) is 5.73 Å². The first kappa shape index (κ1) is 21.8. The molecule has 0 atom stereocenters. The zero-order chi connectivity index (χ0) is 20.8. The number of imidazole rings is 1. The smallest absolute Gasteiger partial charge is 0.330 e. The molecule has 0 aliphatic carbocycles. The number of nitrogen functional groups attached to an aromatic ring is 1. The molecule has 28 heavy (non-hydrogen) atoms. The molecule has 2 heterocycles. The van der Waals surface area contributed by atoms with Crippen LogP contribution in [-0.2, 0) is 18.4 Å². The number of aromatic nitrogens is 4. The maximum Gasteiger partial charge on any atom is 0.330 e. The summed E-state index contributed by atoms with van der Waals surface area (Å²) in [6.07, 6.45) is 5.01. The van der Waals surface area contributed by atoms with Gasteiger partial charge in [-0.1, -0.05) is 39.0 Å². The third-order valence-electron chi connectivity index (χ3n) is 4.17. The predicted octanol–water partition coefficient (Wildman–Crippen LogP) is 1.43. The molecular formula is C18H28N6O3S. The van der Waals surface area contributed by atoms with E-state index in [1.165, 1.54) is 21.2 Å². The fraction of sp³-hybridized carbons (Fsp3) is 0.556. The highest BCUT2D eigenvalue weighted by atomic mass is 32.2. The average molecular weight is 409 g/mol. The second kappa shape index (κ2) is 9.63. The number of nitrogens with one attached hydrogen (secondary N) is 1. The molecule has 0 fully saturated rings. The second-order valence-electron chi connectivity index (χ2n) is 7.01. The maximum absolute atomic E-state index is 13.0. The molecule has 0 aromatic carbocycles. The molecule has 9 nitrogen and oxygen atoms in total. The van der Waals surface area contributed by atoms with E-state index in [9.17, 15) is 14.4 Å². The van der Waals surface area contributed by atoms with Crippen molar-refractivity contribution in [1.29, 1.82) is 0 Å². The van der Waals surface area contributed by atoms with Crippen molar-refractivity contribution in [2.45, 2.75) is 45.3 Å². The first-order valence-electron chi connectivity index (χ1n) is 9.29. The number of anilines is 2. The summed E-state index contributed by atoms with van der Waals surface area (Å²) in [6.45, 7) is 6.59. The molecule has 10 heteroatoms. The minimum absolute atomic E-state index is 0.0221. The van der Waals surface area contributed by atoms with E-state index in [1.54, 1.807) is 12.4 Å². The summed E-state index contributed by atoms with van der Waals surface area (Å²) >= 11 is 1.29. The van der Waals surface area contributed by atoms with Crippen molar-refractivity contribution >= 4 is 29.2 Å². The molecule has 0 unspecified atom stereocenters. The van der Waals surface area contributed by atoms with E-state index in [0.717, 1.165) is 6.42 Å². The summed E-state index contributed by atoms with van der Waals surface area (Å²) in [5.41, 5.74) is 5.02. The van der Waals surface area contributed by atoms with Crippen LogP contribution in [-0.4, -0.2) is 37.3 Å². The number of thioether (sulfide) groups is 1. The second-order valence-corrected chi connectivity index (χ2v) is 7.95. The van der Waals surface area contributed by atoms with Crippen LogP contribution in [0.3, 0.4) is 0 Å². The summed E-state index contributed by atoms with van der Waals surface area (Å²) in [5.74, 6) is 0.0244. The van der Waals surface area contributed by atoms with Gasteiger partial charge in [-0.3, -0.25) is 19.1 Å². The number of unbranched alkanes of at least 4 members (excludes halogenated alkanes) is 1. The van der Waals surface area contributed by atoms with E-state index < -0.39 is 11.2 Å². The number of hydrogen-bond acceptors (Lipinski definition) is 6. The van der Waals surface area contributed by atoms with Gasteiger partial charge in [0.05, 0.1) is 5.75 Å². The van der Waals surface area contributed by atoms with Crippen LogP contribution < -0.4 is 21.9 Å². The fourth-order valence-corrected chi connectivity index (χ4v) is 3.57. The Morgan fingerprint density at radius 2 is 2.11 bits per heavy atom. The van der Waals surface area contributed by atoms with Crippen LogP contribution in [0.2, 0.25) is 0 Å². The van der Waals surface area contributed by atoms with Crippen molar-refractivity contribution in [3.05, 3.63) is 33.2 Å². The Kier molecular flexibility index (Phi) is 7.50. The average Bonchev–Trinajstić information content (AvgIpc) is 3.04. The van der Waals surface area contributed by atoms with Gasteiger partial charge in [-0.25, -0.2) is 9.78 Å². The van der Waals surface area contributed by atoms with Gasteiger partial charge in [-0.05, 0) is 12.3 Å². The number of amides is 1. The molecule has 0 bridgehead atoms. The molecule has 0 radical (unpaired) electrons. The number of aromatic amines is 1. The van der Waals surface area contributed by atoms with Crippen LogP contribution in [0.4, 0.5) is 11.5 Å². The number of nitrogens with zero attached hydrogens (tertiary/aromatic N) is 4. The fourth-order valence-electron chi connectivity index (χ4n) is 2.76. The van der Waals surface area contributed by atoms with Gasteiger partial charge in [0.25, 0.3) is 5.56 Å². The Morgan fingerprint density at radius 1 is 1.39 bits per heavy atom. The molecule has 0 spiro atoms. The van der Waals surface area contributed by atoms with Gasteiger partial charge in [0.2, 0.25) is 5.91 Å². The molecule has 2 rings (SSSR count). The third kappa shape index (κ3) is 5.06. The lowest BCUT2D eigenvalue weighted by Gasteiger charge is -2.24. The van der Waals surface area contributed by atoms with Crippen LogP contribution >= 0.6 is 11.8 Å². The number of rotatable bonds is 9. The van der Waals surface area contributed by atoms with E-state index in [-0.39, 0.29) is 29.1 Å². The van der Waals surface area contributed by atoms with Crippen LogP contribution in [0.25, 0.3) is 0 Å². The van der Waals surface area contributed by atoms with Gasteiger partial charge in [-0.15, -0.1) is 0 Å². The Morgan fingerprint density at radius 3 is 2.68 bits per heavy atom. The standard InChI is InChI=1S/C18H28N6O3S/c1-5-6-8-23(13(25)11-28-18-20-7-9-22(18)4)14-15(19)24(10-12(2)3)17(27)21-16(14)26/h7,9,12H,5-6,8,10-11,19H2,1-4H3,(H,21,26,27). The van der Waals surface area contributed by atoms with Crippen molar-refractivity contribution in [3.8, 4) is 0 Å². The van der Waals surface area contributed by atoms with Gasteiger partial charge in [0, 0.05) is 32.5 Å². The molecule has 2 aromatic heterocycles. The highest BCUT2D eigenvalue weighted by molar-refractivity contribution is 7.99. The van der Waals surface area contributed by atoms with Gasteiger partial charge in [0.15, 0.2) is 10.8 Å². The maximum atomic E-state index is 13.0. The molecule has 0 aliphatic rings. The molecule has 3 N–H and O–H groups in total. The van der Waals surface area contributed by atoms with Crippen LogP contribution in [0, 0.1) is 5.92 Å². The van der Waals surface area contributed by atoms with Crippen molar-refractivity contribution in [1.82, 2.24) is 19.1 Å². The molecular weight excluding hydrogens is 380 g/mol. The summed E-state index contributed by atoms with van der Waals surface area (Å²) in [4.78, 5) is 45.5. The number of carbonyl (C=O) groups is 1. The van der Waals surface area contributed by atoms with Crippen molar-refractivity contribution in [2.75, 3.05) is 22.9 Å². The van der Waals surface area contributed by atoms with Crippen molar-refractivity contribution in [2.24, 2.45) is 13.0 Å².